The Kier molecular flexibility index (Phi) is 4.06. The fourth-order valence-electron chi connectivity index (χ4n) is 2.22. The number of sulfonamides is 1. The van der Waals surface area contributed by atoms with Gasteiger partial charge in [-0.05, 0) is 32.0 Å². The van der Waals surface area contributed by atoms with Crippen LogP contribution in [0.15, 0.2) is 23.1 Å². The van der Waals surface area contributed by atoms with E-state index in [4.69, 9.17) is 22.1 Å². The van der Waals surface area contributed by atoms with Crippen molar-refractivity contribution in [1.29, 1.82) is 0 Å². The molecular weight excluding hydrogens is 288 g/mol. The van der Waals surface area contributed by atoms with Crippen LogP contribution in [0.2, 0.25) is 5.02 Å². The first kappa shape index (κ1) is 14.6. The van der Waals surface area contributed by atoms with Gasteiger partial charge in [0, 0.05) is 18.1 Å². The zero-order valence-corrected chi connectivity index (χ0v) is 12.4. The average Bonchev–Trinajstić information content (AvgIpc) is 2.26. The summed E-state index contributed by atoms with van der Waals surface area (Å²) in [6.07, 6.45) is -0.265. The number of morpholine rings is 1. The number of halogens is 1. The van der Waals surface area contributed by atoms with Crippen LogP contribution in [0, 0.1) is 0 Å². The SMILES string of the molecule is C[C@@H]1CN(S(=O)(=O)c2ccc(Cl)cc2N)C[C@H](C)O1. The standard InChI is InChI=1S/C12H17ClN2O3S/c1-8-6-15(7-9(2)18-8)19(16,17)12-4-3-10(13)5-11(12)14/h3-5,8-9H,6-7,14H2,1-2H3/t8-,9+. The molecule has 1 aromatic rings. The van der Waals surface area contributed by atoms with Gasteiger partial charge in [0.2, 0.25) is 10.0 Å². The van der Waals surface area contributed by atoms with Gasteiger partial charge in [0.15, 0.2) is 0 Å². The first-order chi connectivity index (χ1) is 8.80. The van der Waals surface area contributed by atoms with Gasteiger partial charge in [0.1, 0.15) is 4.90 Å². The topological polar surface area (TPSA) is 72.6 Å². The van der Waals surface area contributed by atoms with E-state index in [9.17, 15) is 8.42 Å². The van der Waals surface area contributed by atoms with E-state index in [0.717, 1.165) is 0 Å². The van der Waals surface area contributed by atoms with Crippen LogP contribution in [0.25, 0.3) is 0 Å². The lowest BCUT2D eigenvalue weighted by Gasteiger charge is -2.34. The van der Waals surface area contributed by atoms with E-state index in [1.165, 1.54) is 22.5 Å². The molecule has 106 valence electrons. The van der Waals surface area contributed by atoms with Gasteiger partial charge >= 0.3 is 0 Å². The molecule has 19 heavy (non-hydrogen) atoms. The molecular formula is C12H17ClN2O3S. The summed E-state index contributed by atoms with van der Waals surface area (Å²) in [5.41, 5.74) is 5.93. The van der Waals surface area contributed by atoms with Crippen molar-refractivity contribution in [3.63, 3.8) is 0 Å². The molecule has 2 rings (SSSR count). The molecule has 0 aliphatic carbocycles. The van der Waals surface area contributed by atoms with E-state index in [-0.39, 0.29) is 22.8 Å². The largest absolute Gasteiger partial charge is 0.398 e. The van der Waals surface area contributed by atoms with Gasteiger partial charge in [-0.2, -0.15) is 4.31 Å². The maximum absolute atomic E-state index is 12.6. The van der Waals surface area contributed by atoms with Crippen LogP contribution in [-0.2, 0) is 14.8 Å². The fraction of sp³-hybridized carbons (Fsp3) is 0.500. The molecule has 0 unspecified atom stereocenters. The van der Waals surface area contributed by atoms with Crippen molar-refractivity contribution in [1.82, 2.24) is 4.31 Å². The van der Waals surface area contributed by atoms with Crippen molar-refractivity contribution in [2.75, 3.05) is 18.8 Å². The zero-order valence-electron chi connectivity index (χ0n) is 10.8. The van der Waals surface area contributed by atoms with Crippen LogP contribution in [-0.4, -0.2) is 38.0 Å². The summed E-state index contributed by atoms with van der Waals surface area (Å²) < 4.78 is 32.1. The molecule has 2 N–H and O–H groups in total. The van der Waals surface area contributed by atoms with E-state index in [1.54, 1.807) is 0 Å². The minimum atomic E-state index is -3.61. The van der Waals surface area contributed by atoms with Crippen LogP contribution in [0.5, 0.6) is 0 Å². The van der Waals surface area contributed by atoms with E-state index in [2.05, 4.69) is 0 Å². The third kappa shape index (κ3) is 3.02. The van der Waals surface area contributed by atoms with Crippen LogP contribution in [0.1, 0.15) is 13.8 Å². The Hall–Kier alpha value is -0.820. The molecule has 1 aromatic carbocycles. The Morgan fingerprint density at radius 1 is 1.32 bits per heavy atom. The van der Waals surface area contributed by atoms with Gasteiger partial charge in [-0.1, -0.05) is 11.6 Å². The number of nitrogen functional groups attached to an aromatic ring is 1. The second-order valence-corrected chi connectivity index (χ2v) is 7.10. The first-order valence-electron chi connectivity index (χ1n) is 6.01. The number of hydrogen-bond acceptors (Lipinski definition) is 4. The van der Waals surface area contributed by atoms with E-state index < -0.39 is 10.0 Å². The van der Waals surface area contributed by atoms with Crippen molar-refractivity contribution in [2.45, 2.75) is 31.0 Å². The molecule has 5 nitrogen and oxygen atoms in total. The minimum absolute atomic E-state index is 0.0956. The summed E-state index contributed by atoms with van der Waals surface area (Å²) in [4.78, 5) is 0.0956. The number of anilines is 1. The zero-order chi connectivity index (χ0) is 14.2. The summed E-state index contributed by atoms with van der Waals surface area (Å²) in [6.45, 7) is 4.36. The summed E-state index contributed by atoms with van der Waals surface area (Å²) in [7, 11) is -3.61. The molecule has 0 radical (unpaired) electrons. The quantitative estimate of drug-likeness (QED) is 0.844. The van der Waals surface area contributed by atoms with Gasteiger partial charge in [0.25, 0.3) is 0 Å². The lowest BCUT2D eigenvalue weighted by molar-refractivity contribution is -0.0440. The fourth-order valence-corrected chi connectivity index (χ4v) is 4.09. The van der Waals surface area contributed by atoms with Crippen molar-refractivity contribution < 1.29 is 13.2 Å². The second-order valence-electron chi connectivity index (χ2n) is 4.76. The predicted molar refractivity (Wildman–Crippen MR) is 74.6 cm³/mol. The van der Waals surface area contributed by atoms with Gasteiger partial charge in [-0.3, -0.25) is 0 Å². The van der Waals surface area contributed by atoms with Crippen LogP contribution in [0.3, 0.4) is 0 Å². The number of rotatable bonds is 2. The molecule has 1 fully saturated rings. The molecule has 0 bridgehead atoms. The molecule has 1 saturated heterocycles. The molecule has 1 aliphatic heterocycles. The lowest BCUT2D eigenvalue weighted by atomic mass is 10.3. The van der Waals surface area contributed by atoms with E-state index in [0.29, 0.717) is 18.1 Å². The maximum atomic E-state index is 12.6. The number of nitrogens with zero attached hydrogens (tertiary/aromatic N) is 1. The molecule has 0 aromatic heterocycles. The lowest BCUT2D eigenvalue weighted by Crippen LogP contribution is -2.48. The molecule has 0 amide bonds. The number of ether oxygens (including phenoxy) is 1. The molecule has 1 aliphatic rings. The molecule has 7 heteroatoms. The van der Waals surface area contributed by atoms with E-state index in [1.807, 2.05) is 13.8 Å². The Morgan fingerprint density at radius 2 is 1.89 bits per heavy atom. The second kappa shape index (κ2) is 5.28. The average molecular weight is 305 g/mol. The highest BCUT2D eigenvalue weighted by Crippen LogP contribution is 2.27. The summed E-state index contributed by atoms with van der Waals surface area (Å²) in [5.74, 6) is 0. The number of benzene rings is 1. The molecule has 1 heterocycles. The van der Waals surface area contributed by atoms with Gasteiger partial charge in [-0.15, -0.1) is 0 Å². The van der Waals surface area contributed by atoms with Crippen LogP contribution < -0.4 is 5.73 Å². The Labute approximate surface area is 118 Å². The Bertz CT molecular complexity index is 566. The Balaban J connectivity index is 2.36. The Morgan fingerprint density at radius 3 is 2.42 bits per heavy atom. The van der Waals surface area contributed by atoms with Crippen molar-refractivity contribution >= 4 is 27.3 Å². The normalized spacial score (nSPS) is 25.4. The van der Waals surface area contributed by atoms with Crippen molar-refractivity contribution in [3.05, 3.63) is 23.2 Å². The first-order valence-corrected chi connectivity index (χ1v) is 7.83. The van der Waals surface area contributed by atoms with Gasteiger partial charge < -0.3 is 10.5 Å². The van der Waals surface area contributed by atoms with Crippen molar-refractivity contribution in [2.24, 2.45) is 0 Å². The summed E-state index contributed by atoms with van der Waals surface area (Å²) in [5, 5.41) is 0.417. The molecule has 0 spiro atoms. The van der Waals surface area contributed by atoms with Crippen LogP contribution in [0.4, 0.5) is 5.69 Å². The molecule has 2 atom stereocenters. The van der Waals surface area contributed by atoms with Crippen LogP contribution >= 0.6 is 11.6 Å². The third-order valence-electron chi connectivity index (χ3n) is 2.98. The van der Waals surface area contributed by atoms with E-state index >= 15 is 0 Å². The minimum Gasteiger partial charge on any atom is -0.398 e. The maximum Gasteiger partial charge on any atom is 0.245 e. The van der Waals surface area contributed by atoms with Crippen molar-refractivity contribution in [3.8, 4) is 0 Å². The number of hydrogen-bond donors (Lipinski definition) is 1. The summed E-state index contributed by atoms with van der Waals surface area (Å²) in [6, 6.07) is 4.41. The third-order valence-corrected chi connectivity index (χ3v) is 5.12. The highest BCUT2D eigenvalue weighted by Gasteiger charge is 2.33. The summed E-state index contributed by atoms with van der Waals surface area (Å²) >= 11 is 5.79. The van der Waals surface area contributed by atoms with Gasteiger partial charge in [-0.25, -0.2) is 8.42 Å². The monoisotopic (exact) mass is 304 g/mol. The van der Waals surface area contributed by atoms with Gasteiger partial charge in [0.05, 0.1) is 17.9 Å². The smallest absolute Gasteiger partial charge is 0.245 e. The number of nitrogens with two attached hydrogens (primary N) is 1. The predicted octanol–water partition coefficient (Wildman–Crippen LogP) is 1.72. The highest BCUT2D eigenvalue weighted by atomic mass is 35.5. The highest BCUT2D eigenvalue weighted by molar-refractivity contribution is 7.89. The molecule has 0 saturated carbocycles.